The third kappa shape index (κ3) is 3.01. The third-order valence-corrected chi connectivity index (χ3v) is 3.38. The van der Waals surface area contributed by atoms with Gasteiger partial charge >= 0.3 is 0 Å². The van der Waals surface area contributed by atoms with Gasteiger partial charge in [0.05, 0.1) is 15.9 Å². The van der Waals surface area contributed by atoms with Crippen molar-refractivity contribution in [2.24, 2.45) is 0 Å². The summed E-state index contributed by atoms with van der Waals surface area (Å²) in [4.78, 5) is 16.2. The van der Waals surface area contributed by atoms with Gasteiger partial charge in [0.2, 0.25) is 0 Å². The standard InChI is InChI=1S/C13H15BrN4O/c1-3-9-7-12(18(4-2)17-9)13(19)16-11-5-6-15-8-10(11)14/h5-8H,3-4H2,1-2H3,(H,15,16,19). The van der Waals surface area contributed by atoms with Gasteiger partial charge < -0.3 is 5.32 Å². The monoisotopic (exact) mass is 322 g/mol. The smallest absolute Gasteiger partial charge is 0.273 e. The van der Waals surface area contributed by atoms with Crippen LogP contribution in [0.4, 0.5) is 5.69 Å². The minimum atomic E-state index is -0.166. The molecule has 2 heterocycles. The van der Waals surface area contributed by atoms with Gasteiger partial charge in [-0.15, -0.1) is 0 Å². The van der Waals surface area contributed by atoms with Crippen LogP contribution in [0.25, 0.3) is 0 Å². The molecule has 100 valence electrons. The van der Waals surface area contributed by atoms with Crippen molar-refractivity contribution in [1.29, 1.82) is 0 Å². The zero-order valence-electron chi connectivity index (χ0n) is 10.9. The quantitative estimate of drug-likeness (QED) is 0.941. The van der Waals surface area contributed by atoms with Crippen molar-refractivity contribution < 1.29 is 4.79 Å². The van der Waals surface area contributed by atoms with E-state index in [1.54, 1.807) is 23.1 Å². The lowest BCUT2D eigenvalue weighted by Gasteiger charge is -2.07. The Kier molecular flexibility index (Phi) is 4.31. The Morgan fingerprint density at radius 3 is 2.89 bits per heavy atom. The van der Waals surface area contributed by atoms with Crippen molar-refractivity contribution in [2.45, 2.75) is 26.8 Å². The molecule has 0 saturated heterocycles. The Morgan fingerprint density at radius 2 is 2.26 bits per heavy atom. The lowest BCUT2D eigenvalue weighted by Crippen LogP contribution is -2.17. The van der Waals surface area contributed by atoms with Crippen LogP contribution in [0.1, 0.15) is 30.0 Å². The van der Waals surface area contributed by atoms with Gasteiger partial charge in [-0.25, -0.2) is 0 Å². The van der Waals surface area contributed by atoms with Crippen molar-refractivity contribution in [1.82, 2.24) is 14.8 Å². The molecule has 0 aliphatic heterocycles. The van der Waals surface area contributed by atoms with Crippen molar-refractivity contribution >= 4 is 27.5 Å². The Balaban J connectivity index is 2.25. The van der Waals surface area contributed by atoms with E-state index >= 15 is 0 Å². The summed E-state index contributed by atoms with van der Waals surface area (Å²) in [6.07, 6.45) is 4.09. The molecule has 0 aliphatic rings. The first kappa shape index (κ1) is 13.7. The van der Waals surface area contributed by atoms with Crippen LogP contribution in [-0.2, 0) is 13.0 Å². The van der Waals surface area contributed by atoms with Crippen molar-refractivity contribution in [3.63, 3.8) is 0 Å². The molecule has 19 heavy (non-hydrogen) atoms. The van der Waals surface area contributed by atoms with E-state index in [9.17, 15) is 4.79 Å². The average Bonchev–Trinajstić information content (AvgIpc) is 2.84. The lowest BCUT2D eigenvalue weighted by atomic mass is 10.3. The largest absolute Gasteiger partial charge is 0.320 e. The first-order chi connectivity index (χ1) is 9.15. The summed E-state index contributed by atoms with van der Waals surface area (Å²) in [7, 11) is 0. The van der Waals surface area contributed by atoms with Gasteiger partial charge in [0.15, 0.2) is 0 Å². The number of nitrogens with zero attached hydrogens (tertiary/aromatic N) is 3. The highest BCUT2D eigenvalue weighted by Gasteiger charge is 2.15. The number of amides is 1. The minimum Gasteiger partial charge on any atom is -0.320 e. The van der Waals surface area contributed by atoms with Gasteiger partial charge in [-0.2, -0.15) is 5.10 Å². The van der Waals surface area contributed by atoms with E-state index in [0.717, 1.165) is 16.6 Å². The fraction of sp³-hybridized carbons (Fsp3) is 0.308. The number of aromatic nitrogens is 3. The molecule has 2 aromatic heterocycles. The number of carbonyl (C=O) groups is 1. The molecule has 0 atom stereocenters. The van der Waals surface area contributed by atoms with Crippen LogP contribution in [0, 0.1) is 0 Å². The number of aryl methyl sites for hydroxylation is 2. The average molecular weight is 323 g/mol. The summed E-state index contributed by atoms with van der Waals surface area (Å²) in [6, 6.07) is 3.57. The van der Waals surface area contributed by atoms with Crippen LogP contribution in [0.15, 0.2) is 29.0 Å². The van der Waals surface area contributed by atoms with Crippen LogP contribution >= 0.6 is 15.9 Å². The van der Waals surface area contributed by atoms with Crippen molar-refractivity contribution in [3.8, 4) is 0 Å². The van der Waals surface area contributed by atoms with Gasteiger partial charge in [0, 0.05) is 18.9 Å². The van der Waals surface area contributed by atoms with E-state index in [1.807, 2.05) is 19.9 Å². The maximum Gasteiger partial charge on any atom is 0.273 e. The molecule has 0 aliphatic carbocycles. The summed E-state index contributed by atoms with van der Waals surface area (Å²) >= 11 is 3.35. The SMILES string of the molecule is CCc1cc(C(=O)Nc2ccncc2Br)n(CC)n1. The topological polar surface area (TPSA) is 59.8 Å². The number of carbonyl (C=O) groups excluding carboxylic acids is 1. The highest BCUT2D eigenvalue weighted by molar-refractivity contribution is 9.10. The zero-order valence-corrected chi connectivity index (χ0v) is 12.4. The van der Waals surface area contributed by atoms with Gasteiger partial charge in [-0.1, -0.05) is 6.92 Å². The first-order valence-corrected chi connectivity index (χ1v) is 6.92. The molecule has 5 nitrogen and oxygen atoms in total. The molecule has 0 aromatic carbocycles. The highest BCUT2D eigenvalue weighted by Crippen LogP contribution is 2.20. The number of pyridine rings is 1. The van der Waals surface area contributed by atoms with Crippen molar-refractivity contribution in [2.75, 3.05) is 5.32 Å². The second kappa shape index (κ2) is 5.97. The van der Waals surface area contributed by atoms with E-state index in [1.165, 1.54) is 0 Å². The second-order valence-electron chi connectivity index (χ2n) is 4.00. The van der Waals surface area contributed by atoms with E-state index in [-0.39, 0.29) is 5.91 Å². The number of nitrogens with one attached hydrogen (secondary N) is 1. The number of halogens is 1. The molecule has 6 heteroatoms. The van der Waals surface area contributed by atoms with Crippen LogP contribution < -0.4 is 5.32 Å². The maximum atomic E-state index is 12.3. The summed E-state index contributed by atoms with van der Waals surface area (Å²) in [5.41, 5.74) is 2.19. The molecular formula is C13H15BrN4O. The molecule has 0 spiro atoms. The number of hydrogen-bond donors (Lipinski definition) is 1. The highest BCUT2D eigenvalue weighted by atomic mass is 79.9. The predicted octanol–water partition coefficient (Wildman–Crippen LogP) is 2.88. The lowest BCUT2D eigenvalue weighted by molar-refractivity contribution is 0.101. The van der Waals surface area contributed by atoms with E-state index < -0.39 is 0 Å². The summed E-state index contributed by atoms with van der Waals surface area (Å²) in [5, 5.41) is 7.22. The Bertz CT molecular complexity index is 594. The van der Waals surface area contributed by atoms with Crippen LogP contribution in [0.5, 0.6) is 0 Å². The van der Waals surface area contributed by atoms with Gasteiger partial charge in [-0.3, -0.25) is 14.5 Å². The van der Waals surface area contributed by atoms with Gasteiger partial charge in [0.25, 0.3) is 5.91 Å². The maximum absolute atomic E-state index is 12.3. The van der Waals surface area contributed by atoms with E-state index in [2.05, 4.69) is 31.3 Å². The van der Waals surface area contributed by atoms with Crippen LogP contribution in [0.3, 0.4) is 0 Å². The molecule has 2 aromatic rings. The second-order valence-corrected chi connectivity index (χ2v) is 4.85. The van der Waals surface area contributed by atoms with Gasteiger partial charge in [0.1, 0.15) is 5.69 Å². The summed E-state index contributed by atoms with van der Waals surface area (Å²) < 4.78 is 2.46. The molecule has 0 fully saturated rings. The number of anilines is 1. The van der Waals surface area contributed by atoms with Crippen molar-refractivity contribution in [3.05, 3.63) is 40.4 Å². The summed E-state index contributed by atoms with van der Waals surface area (Å²) in [5.74, 6) is -0.166. The predicted molar refractivity (Wildman–Crippen MR) is 77.2 cm³/mol. The normalized spacial score (nSPS) is 10.5. The molecule has 0 unspecified atom stereocenters. The zero-order chi connectivity index (χ0) is 13.8. The molecule has 1 N–H and O–H groups in total. The molecule has 0 radical (unpaired) electrons. The molecular weight excluding hydrogens is 308 g/mol. The first-order valence-electron chi connectivity index (χ1n) is 6.13. The Hall–Kier alpha value is -1.69. The van der Waals surface area contributed by atoms with Crippen LogP contribution in [0.2, 0.25) is 0 Å². The Labute approximate surface area is 120 Å². The van der Waals surface area contributed by atoms with E-state index in [4.69, 9.17) is 0 Å². The Morgan fingerprint density at radius 1 is 1.47 bits per heavy atom. The van der Waals surface area contributed by atoms with E-state index in [0.29, 0.717) is 17.9 Å². The van der Waals surface area contributed by atoms with Crippen LogP contribution in [-0.4, -0.2) is 20.7 Å². The third-order valence-electron chi connectivity index (χ3n) is 2.75. The summed E-state index contributed by atoms with van der Waals surface area (Å²) in [6.45, 7) is 4.65. The number of hydrogen-bond acceptors (Lipinski definition) is 3. The van der Waals surface area contributed by atoms with Gasteiger partial charge in [-0.05, 0) is 41.4 Å². The molecule has 0 bridgehead atoms. The molecule has 1 amide bonds. The minimum absolute atomic E-state index is 0.166. The molecule has 2 rings (SSSR count). The fourth-order valence-corrected chi connectivity index (χ4v) is 2.08. The number of rotatable bonds is 4. The molecule has 0 saturated carbocycles. The fourth-order valence-electron chi connectivity index (χ4n) is 1.73.